The Morgan fingerprint density at radius 3 is 1.29 bits per heavy atom. The Labute approximate surface area is 53.5 Å². The van der Waals surface area contributed by atoms with Crippen molar-refractivity contribution in [3.05, 3.63) is 0 Å². The minimum Gasteiger partial charge on any atom is -0.380 e. The van der Waals surface area contributed by atoms with Crippen LogP contribution in [0.4, 0.5) is 0 Å². The van der Waals surface area contributed by atoms with Crippen LogP contribution in [0, 0.1) is 0 Å². The fraction of sp³-hybridized carbons (Fsp3) is 1.00. The normalized spacial score (nSPS) is 5.00. The van der Waals surface area contributed by atoms with Crippen LogP contribution in [0.25, 0.3) is 0 Å². The van der Waals surface area contributed by atoms with Crippen LogP contribution in [0.3, 0.4) is 0 Å². The maximum absolute atomic E-state index is 4.00. The number of hydrogen-bond donors (Lipinski definition) is 1. The van der Waals surface area contributed by atoms with Crippen molar-refractivity contribution in [1.82, 2.24) is 0 Å². The zero-order chi connectivity index (χ0) is 5.41. The van der Waals surface area contributed by atoms with Crippen molar-refractivity contribution >= 4 is 20.4 Å². The Morgan fingerprint density at radius 2 is 1.29 bits per heavy atom. The van der Waals surface area contributed by atoms with E-state index in [0.717, 1.165) is 0 Å². The van der Waals surface area contributed by atoms with E-state index < -0.39 is 0 Å². The van der Waals surface area contributed by atoms with Crippen molar-refractivity contribution in [3.63, 3.8) is 0 Å². The lowest BCUT2D eigenvalue weighted by atomic mass is 10.4. The quantitative estimate of drug-likeness (QED) is 0.519. The van der Waals surface area contributed by atoms with Crippen molar-refractivity contribution in [1.29, 1.82) is 0 Å². The number of unbranched alkanes of at least 4 members (excludes halogenated alkanes) is 1. The highest BCUT2D eigenvalue weighted by atomic mass is 35.5. The molecule has 0 saturated carbocycles. The van der Waals surface area contributed by atoms with Crippen LogP contribution in [0.1, 0.15) is 26.7 Å². The zero-order valence-electron chi connectivity index (χ0n) is 4.98. The largest absolute Gasteiger partial charge is 0.380 e. The molecule has 0 aromatic heterocycles. The summed E-state index contributed by atoms with van der Waals surface area (Å²) >= 11 is 0. The van der Waals surface area contributed by atoms with Crippen molar-refractivity contribution in [2.75, 3.05) is 0 Å². The molecule has 3 heteroatoms. The van der Waals surface area contributed by atoms with E-state index in [1.165, 1.54) is 12.8 Å². The monoisotopic (exact) mass is 121 g/mol. The smallest absolute Gasteiger partial charge is 0.174 e. The minimum absolute atomic E-state index is 0. The van der Waals surface area contributed by atoms with Gasteiger partial charge in [0.05, 0.1) is 0 Å². The van der Waals surface area contributed by atoms with Crippen LogP contribution in [0.2, 0.25) is 0 Å². The molecule has 0 atom stereocenters. The lowest BCUT2D eigenvalue weighted by Gasteiger charge is -1.68. The first-order valence-electron chi connectivity index (χ1n) is 2.25. The molecule has 0 aromatic carbocycles. The highest BCUT2D eigenvalue weighted by Crippen LogP contribution is 1.76. The third kappa shape index (κ3) is 68.0. The van der Waals surface area contributed by atoms with Crippen LogP contribution in [0.15, 0.2) is 0 Å². The molecule has 2 N–H and O–H groups in total. The predicted molar refractivity (Wildman–Crippen MR) is 37.8 cm³/mol. The van der Waals surface area contributed by atoms with Crippen molar-refractivity contribution < 1.29 is 0 Å². The minimum atomic E-state index is 0. The van der Waals surface area contributed by atoms with Gasteiger partial charge in [0.1, 0.15) is 0 Å². The average Bonchev–Trinajstić information content (AvgIpc) is 1.72. The Kier molecular flexibility index (Phi) is 74.5. The highest BCUT2D eigenvalue weighted by molar-refractivity contribution is 6.02. The van der Waals surface area contributed by atoms with Crippen LogP contribution < -0.4 is 5.64 Å². The lowest BCUT2D eigenvalue weighted by Crippen LogP contribution is -1.75. The van der Waals surface area contributed by atoms with Gasteiger partial charge in [-0.25, -0.2) is 0 Å². The van der Waals surface area contributed by atoms with Gasteiger partial charge in [0, 0.05) is 0 Å². The molecule has 44 valence electrons. The second kappa shape index (κ2) is 33.3. The molecule has 1 nitrogen and oxygen atoms in total. The molecule has 0 saturated heterocycles. The Morgan fingerprint density at radius 1 is 1.14 bits per heavy atom. The second-order valence-electron chi connectivity index (χ2n) is 1.000. The van der Waals surface area contributed by atoms with Gasteiger partial charge in [-0.2, -0.15) is 0 Å². The number of rotatable bonds is 1. The summed E-state index contributed by atoms with van der Waals surface area (Å²) < 4.78 is 0. The molecule has 2 radical (unpaired) electrons. The molecule has 0 spiro atoms. The maximum atomic E-state index is 4.00. The molecule has 0 aliphatic carbocycles. The van der Waals surface area contributed by atoms with Crippen LogP contribution in [-0.2, 0) is 0 Å². The molecule has 0 bridgehead atoms. The Bertz CT molecular complexity index is 13.7. The Balaban J connectivity index is -0.0000000480. The van der Waals surface area contributed by atoms with Gasteiger partial charge in [-0.3, -0.25) is 0 Å². The third-order valence-corrected chi connectivity index (χ3v) is 0.500. The van der Waals surface area contributed by atoms with Gasteiger partial charge in [-0.15, -0.1) is 12.4 Å². The van der Waals surface area contributed by atoms with E-state index in [2.05, 4.69) is 27.5 Å². The summed E-state index contributed by atoms with van der Waals surface area (Å²) in [5.74, 6) is 0. The lowest BCUT2D eigenvalue weighted by molar-refractivity contribution is 0.886. The molecule has 0 heterocycles. The molecule has 0 rings (SSSR count). The summed E-state index contributed by atoms with van der Waals surface area (Å²) in [6.45, 7) is 4.36. The molecule has 0 unspecified atom stereocenters. The summed E-state index contributed by atoms with van der Waals surface area (Å²) in [6.07, 6.45) is 2.64. The summed E-state index contributed by atoms with van der Waals surface area (Å²) in [7, 11) is 4.00. The van der Waals surface area contributed by atoms with Gasteiger partial charge in [0.2, 0.25) is 0 Å². The summed E-state index contributed by atoms with van der Waals surface area (Å²) in [6, 6.07) is 0. The van der Waals surface area contributed by atoms with Crippen LogP contribution in [0.5, 0.6) is 0 Å². The van der Waals surface area contributed by atoms with Gasteiger partial charge < -0.3 is 5.64 Å². The molecule has 0 aliphatic rings. The van der Waals surface area contributed by atoms with Gasteiger partial charge >= 0.3 is 0 Å². The molecular weight excluding hydrogens is 108 g/mol. The maximum Gasteiger partial charge on any atom is 0.174 e. The number of hydrogen-bond acceptors (Lipinski definition) is 1. The molecule has 0 amide bonds. The first kappa shape index (κ1) is 15.7. The standard InChI is InChI=1S/C4H10.BH2N.ClH/c1-3-4-2;1-2;/h3-4H2,1-2H3;2H2;1H. The number of halogens is 1. The van der Waals surface area contributed by atoms with E-state index in [1.807, 2.05) is 0 Å². The summed E-state index contributed by atoms with van der Waals surface area (Å²) in [5.41, 5.74) is 4.00. The molecule has 0 aliphatic heterocycles. The van der Waals surface area contributed by atoms with Gasteiger partial charge in [0.25, 0.3) is 0 Å². The van der Waals surface area contributed by atoms with Crippen molar-refractivity contribution in [2.45, 2.75) is 26.7 Å². The molecule has 0 aromatic rings. The Hall–Kier alpha value is 0.315. The summed E-state index contributed by atoms with van der Waals surface area (Å²) in [4.78, 5) is 0. The van der Waals surface area contributed by atoms with Crippen molar-refractivity contribution in [2.24, 2.45) is 5.64 Å². The summed E-state index contributed by atoms with van der Waals surface area (Å²) in [5, 5.41) is 0. The van der Waals surface area contributed by atoms with Crippen LogP contribution >= 0.6 is 12.4 Å². The van der Waals surface area contributed by atoms with Gasteiger partial charge in [0.15, 0.2) is 7.98 Å². The van der Waals surface area contributed by atoms with Crippen molar-refractivity contribution in [3.8, 4) is 0 Å². The first-order valence-corrected chi connectivity index (χ1v) is 2.25. The van der Waals surface area contributed by atoms with E-state index >= 15 is 0 Å². The van der Waals surface area contributed by atoms with E-state index in [0.29, 0.717) is 0 Å². The zero-order valence-corrected chi connectivity index (χ0v) is 5.79. The van der Waals surface area contributed by atoms with E-state index in [1.54, 1.807) is 0 Å². The second-order valence-corrected chi connectivity index (χ2v) is 1.000. The molecule has 7 heavy (non-hydrogen) atoms. The van der Waals surface area contributed by atoms with E-state index in [4.69, 9.17) is 0 Å². The number of nitrogens with two attached hydrogens (primary N) is 1. The third-order valence-electron chi connectivity index (χ3n) is 0.500. The first-order chi connectivity index (χ1) is 2.91. The van der Waals surface area contributed by atoms with Gasteiger partial charge in [-0.1, -0.05) is 26.7 Å². The average molecular weight is 121 g/mol. The fourth-order valence-electron chi connectivity index (χ4n) is 0. The fourth-order valence-corrected chi connectivity index (χ4v) is 0. The van der Waals surface area contributed by atoms with Gasteiger partial charge in [-0.05, 0) is 0 Å². The topological polar surface area (TPSA) is 26.0 Å². The van der Waals surface area contributed by atoms with E-state index in [-0.39, 0.29) is 12.4 Å². The highest BCUT2D eigenvalue weighted by Gasteiger charge is 1.56. The SMILES string of the molecule is CCCC.Cl.[B]N. The predicted octanol–water partition coefficient (Wildman–Crippen LogP) is 1.26. The molecule has 0 fully saturated rings. The van der Waals surface area contributed by atoms with Crippen LogP contribution in [-0.4, -0.2) is 7.98 Å². The molecular formula is C4H13BClN. The van der Waals surface area contributed by atoms with E-state index in [9.17, 15) is 0 Å².